The molecule has 0 aromatic carbocycles. The Morgan fingerprint density at radius 3 is 2.71 bits per heavy atom. The van der Waals surface area contributed by atoms with E-state index in [9.17, 15) is 4.79 Å². The third-order valence-corrected chi connectivity index (χ3v) is 5.75. The van der Waals surface area contributed by atoms with Crippen LogP contribution in [-0.4, -0.2) is 51.8 Å². The van der Waals surface area contributed by atoms with Gasteiger partial charge in [-0.2, -0.15) is 5.10 Å². The molecule has 1 saturated carbocycles. The molecule has 0 radical (unpaired) electrons. The number of aromatic nitrogens is 3. The second kappa shape index (κ2) is 9.52. The summed E-state index contributed by atoms with van der Waals surface area (Å²) in [6.07, 6.45) is 7.53. The van der Waals surface area contributed by atoms with Crippen molar-refractivity contribution in [3.05, 3.63) is 40.3 Å². The number of amides is 1. The fraction of sp³-hybridized carbons (Fsp3) is 0.571. The van der Waals surface area contributed by atoms with E-state index in [1.165, 1.54) is 32.1 Å². The predicted octanol–water partition coefficient (Wildman–Crippen LogP) is 3.92. The summed E-state index contributed by atoms with van der Waals surface area (Å²) in [7, 11) is 2.19. The van der Waals surface area contributed by atoms with Gasteiger partial charge >= 0.3 is 0 Å². The van der Waals surface area contributed by atoms with Crippen LogP contribution in [0.5, 0.6) is 0 Å². The molecule has 3 rings (SSSR count). The van der Waals surface area contributed by atoms with Crippen LogP contribution in [0, 0.1) is 13.8 Å². The van der Waals surface area contributed by atoms with Crippen LogP contribution in [0.25, 0.3) is 5.82 Å². The number of hydrogen-bond donors (Lipinski definition) is 1. The molecule has 1 amide bonds. The van der Waals surface area contributed by atoms with Gasteiger partial charge in [-0.05, 0) is 64.9 Å². The van der Waals surface area contributed by atoms with E-state index in [-0.39, 0.29) is 11.6 Å². The molecule has 0 aliphatic heterocycles. The van der Waals surface area contributed by atoms with Crippen molar-refractivity contribution < 1.29 is 4.79 Å². The van der Waals surface area contributed by atoms with Gasteiger partial charge in [0.15, 0.2) is 5.82 Å². The molecule has 1 N–H and O–H groups in total. The highest BCUT2D eigenvalue weighted by molar-refractivity contribution is 6.33. The van der Waals surface area contributed by atoms with Crippen molar-refractivity contribution >= 4 is 17.5 Å². The number of pyridine rings is 1. The second-order valence-corrected chi connectivity index (χ2v) is 8.13. The predicted molar refractivity (Wildman–Crippen MR) is 112 cm³/mol. The first-order valence-corrected chi connectivity index (χ1v) is 10.5. The summed E-state index contributed by atoms with van der Waals surface area (Å²) < 4.78 is 1.72. The van der Waals surface area contributed by atoms with Crippen LogP contribution < -0.4 is 5.32 Å². The fourth-order valence-electron chi connectivity index (χ4n) is 3.89. The molecule has 0 saturated heterocycles. The summed E-state index contributed by atoms with van der Waals surface area (Å²) in [6, 6.07) is 6.14. The van der Waals surface area contributed by atoms with Crippen molar-refractivity contribution in [2.24, 2.45) is 0 Å². The number of carbonyl (C=O) groups is 1. The van der Waals surface area contributed by atoms with E-state index in [0.29, 0.717) is 23.4 Å². The van der Waals surface area contributed by atoms with E-state index in [4.69, 9.17) is 11.6 Å². The van der Waals surface area contributed by atoms with Crippen LogP contribution in [0.4, 0.5) is 0 Å². The lowest BCUT2D eigenvalue weighted by Crippen LogP contribution is -2.36. The van der Waals surface area contributed by atoms with Gasteiger partial charge < -0.3 is 10.2 Å². The zero-order valence-electron chi connectivity index (χ0n) is 17.0. The molecule has 0 spiro atoms. The molecule has 6 nitrogen and oxygen atoms in total. The van der Waals surface area contributed by atoms with Crippen molar-refractivity contribution in [3.63, 3.8) is 0 Å². The molecule has 1 aliphatic carbocycles. The lowest BCUT2D eigenvalue weighted by molar-refractivity contribution is 0.0945. The van der Waals surface area contributed by atoms with Crippen LogP contribution in [-0.2, 0) is 0 Å². The Morgan fingerprint density at radius 2 is 2.04 bits per heavy atom. The van der Waals surface area contributed by atoms with Crippen LogP contribution in [0.1, 0.15) is 60.4 Å². The van der Waals surface area contributed by atoms with Crippen LogP contribution in [0.2, 0.25) is 5.02 Å². The lowest BCUT2D eigenvalue weighted by atomic mass is 9.94. The Balaban J connectivity index is 1.55. The number of hydrogen-bond acceptors (Lipinski definition) is 4. The zero-order valence-corrected chi connectivity index (χ0v) is 17.8. The number of nitrogens with one attached hydrogen (secondary N) is 1. The number of carbonyl (C=O) groups excluding carboxylic acids is 1. The molecule has 0 atom stereocenters. The van der Waals surface area contributed by atoms with Crippen molar-refractivity contribution in [2.75, 3.05) is 20.1 Å². The third kappa shape index (κ3) is 5.11. The molecule has 152 valence electrons. The maximum absolute atomic E-state index is 12.6. The standard InChI is InChI=1S/C21H30ClN5O/c1-15-14-16(2)27(25-15)19-11-10-18(22)20(24-19)21(28)23-12-7-13-26(3)17-8-5-4-6-9-17/h10-11,14,17H,4-9,12-13H2,1-3H3,(H,23,28). The van der Waals surface area contributed by atoms with Gasteiger partial charge in [0, 0.05) is 18.3 Å². The molecule has 2 aromatic heterocycles. The van der Waals surface area contributed by atoms with Crippen LogP contribution >= 0.6 is 11.6 Å². The quantitative estimate of drug-likeness (QED) is 0.711. The molecular formula is C21H30ClN5O. The molecule has 7 heteroatoms. The van der Waals surface area contributed by atoms with Gasteiger partial charge in [-0.3, -0.25) is 4.79 Å². The van der Waals surface area contributed by atoms with Crippen molar-refractivity contribution in [2.45, 2.75) is 58.4 Å². The normalized spacial score (nSPS) is 15.2. The van der Waals surface area contributed by atoms with Gasteiger partial charge in [-0.15, -0.1) is 0 Å². The van der Waals surface area contributed by atoms with E-state index in [1.54, 1.807) is 16.8 Å². The van der Waals surface area contributed by atoms with Gasteiger partial charge in [-0.25, -0.2) is 9.67 Å². The van der Waals surface area contributed by atoms with E-state index >= 15 is 0 Å². The topological polar surface area (TPSA) is 63.1 Å². The van der Waals surface area contributed by atoms with Crippen LogP contribution in [0.3, 0.4) is 0 Å². The first-order chi connectivity index (χ1) is 13.5. The largest absolute Gasteiger partial charge is 0.351 e. The Morgan fingerprint density at radius 1 is 1.29 bits per heavy atom. The highest BCUT2D eigenvalue weighted by atomic mass is 35.5. The summed E-state index contributed by atoms with van der Waals surface area (Å²) in [4.78, 5) is 19.5. The molecule has 2 heterocycles. The summed E-state index contributed by atoms with van der Waals surface area (Å²) in [5.41, 5.74) is 2.11. The first kappa shape index (κ1) is 20.8. The van der Waals surface area contributed by atoms with Gasteiger partial charge in [0.1, 0.15) is 5.69 Å². The SMILES string of the molecule is Cc1cc(C)n(-c2ccc(Cl)c(C(=O)NCCCN(C)C3CCCCC3)n2)n1. The Hall–Kier alpha value is -1.92. The average molecular weight is 404 g/mol. The minimum atomic E-state index is -0.242. The van der Waals surface area contributed by atoms with Gasteiger partial charge in [0.05, 0.1) is 10.7 Å². The maximum atomic E-state index is 12.6. The average Bonchev–Trinajstić information content (AvgIpc) is 3.04. The minimum Gasteiger partial charge on any atom is -0.351 e. The lowest BCUT2D eigenvalue weighted by Gasteiger charge is -2.31. The van der Waals surface area contributed by atoms with Crippen molar-refractivity contribution in [1.29, 1.82) is 0 Å². The number of halogens is 1. The molecule has 1 aliphatic rings. The molecular weight excluding hydrogens is 374 g/mol. The van der Waals surface area contributed by atoms with Gasteiger partial charge in [-0.1, -0.05) is 30.9 Å². The Kier molecular flexibility index (Phi) is 7.08. The van der Waals surface area contributed by atoms with E-state index in [1.807, 2.05) is 19.9 Å². The summed E-state index contributed by atoms with van der Waals surface area (Å²) in [5, 5.41) is 7.73. The Labute approximate surface area is 172 Å². The smallest absolute Gasteiger partial charge is 0.271 e. The molecule has 0 bridgehead atoms. The molecule has 2 aromatic rings. The highest BCUT2D eigenvalue weighted by Gasteiger charge is 2.18. The van der Waals surface area contributed by atoms with E-state index < -0.39 is 0 Å². The molecule has 0 unspecified atom stereocenters. The summed E-state index contributed by atoms with van der Waals surface area (Å²) >= 11 is 6.23. The summed E-state index contributed by atoms with van der Waals surface area (Å²) in [5.74, 6) is 0.353. The number of rotatable bonds is 7. The van der Waals surface area contributed by atoms with E-state index in [2.05, 4.69) is 27.3 Å². The first-order valence-electron chi connectivity index (χ1n) is 10.1. The van der Waals surface area contributed by atoms with Gasteiger partial charge in [0.2, 0.25) is 0 Å². The molecule has 1 fully saturated rings. The molecule has 28 heavy (non-hydrogen) atoms. The number of nitrogens with zero attached hydrogens (tertiary/aromatic N) is 4. The van der Waals surface area contributed by atoms with Crippen LogP contribution in [0.15, 0.2) is 18.2 Å². The Bertz CT molecular complexity index is 813. The third-order valence-electron chi connectivity index (χ3n) is 5.44. The van der Waals surface area contributed by atoms with Gasteiger partial charge in [0.25, 0.3) is 5.91 Å². The minimum absolute atomic E-state index is 0.242. The van der Waals surface area contributed by atoms with Crippen molar-refractivity contribution in [1.82, 2.24) is 25.0 Å². The summed E-state index contributed by atoms with van der Waals surface area (Å²) in [6.45, 7) is 5.48. The zero-order chi connectivity index (χ0) is 20.1. The maximum Gasteiger partial charge on any atom is 0.271 e. The van der Waals surface area contributed by atoms with Crippen molar-refractivity contribution in [3.8, 4) is 5.82 Å². The fourth-order valence-corrected chi connectivity index (χ4v) is 4.08. The monoisotopic (exact) mass is 403 g/mol. The number of aryl methyl sites for hydroxylation is 2. The van der Waals surface area contributed by atoms with E-state index in [0.717, 1.165) is 24.4 Å². The second-order valence-electron chi connectivity index (χ2n) is 7.72. The highest BCUT2D eigenvalue weighted by Crippen LogP contribution is 2.21.